The van der Waals surface area contributed by atoms with Crippen molar-refractivity contribution in [2.24, 2.45) is 7.05 Å². The number of rotatable bonds is 4. The predicted molar refractivity (Wildman–Crippen MR) is 124 cm³/mol. The van der Waals surface area contributed by atoms with Gasteiger partial charge in [0.05, 0.1) is 12.7 Å². The number of carbonyl (C=O) groups is 1. The number of aryl methyl sites for hydroxylation is 1. The molecule has 3 heterocycles. The number of aromatic nitrogens is 5. The zero-order valence-electron chi connectivity index (χ0n) is 18.7. The van der Waals surface area contributed by atoms with Crippen LogP contribution in [0, 0.1) is 0 Å². The highest BCUT2D eigenvalue weighted by molar-refractivity contribution is 6.29. The minimum absolute atomic E-state index is 0.0730. The number of carbonyl (C=O) groups excluding carboxylic acids is 1. The molecule has 0 unspecified atom stereocenters. The lowest BCUT2D eigenvalue weighted by Gasteiger charge is -2.10. The van der Waals surface area contributed by atoms with Crippen LogP contribution in [0.1, 0.15) is 15.9 Å². The van der Waals surface area contributed by atoms with Gasteiger partial charge in [0.2, 0.25) is 5.89 Å². The fraction of sp³-hybridized carbons (Fsp3) is 0.125. The summed E-state index contributed by atoms with van der Waals surface area (Å²) in [5.74, 6) is -0.528. The van der Waals surface area contributed by atoms with Gasteiger partial charge >= 0.3 is 12.1 Å². The molecule has 36 heavy (non-hydrogen) atoms. The molecule has 5 aromatic rings. The van der Waals surface area contributed by atoms with E-state index in [9.17, 15) is 18.0 Å². The van der Waals surface area contributed by atoms with Crippen molar-refractivity contribution in [2.75, 3.05) is 7.11 Å². The van der Waals surface area contributed by atoms with E-state index >= 15 is 0 Å². The minimum atomic E-state index is -4.80. The monoisotopic (exact) mass is 513 g/mol. The van der Waals surface area contributed by atoms with Gasteiger partial charge in [-0.25, -0.2) is 14.8 Å². The van der Waals surface area contributed by atoms with Crippen LogP contribution in [0.4, 0.5) is 13.2 Å². The highest BCUT2D eigenvalue weighted by Crippen LogP contribution is 2.39. The lowest BCUT2D eigenvalue weighted by Crippen LogP contribution is -2.09. The molecule has 12 heteroatoms. The van der Waals surface area contributed by atoms with Crippen molar-refractivity contribution in [2.45, 2.75) is 6.18 Å². The van der Waals surface area contributed by atoms with Gasteiger partial charge in [-0.1, -0.05) is 35.9 Å². The third kappa shape index (κ3) is 4.17. The number of nitrogens with zero attached hydrogens (tertiary/aromatic N) is 5. The van der Waals surface area contributed by atoms with Crippen molar-refractivity contribution in [3.05, 3.63) is 71.1 Å². The van der Waals surface area contributed by atoms with Gasteiger partial charge in [0.1, 0.15) is 28.3 Å². The van der Waals surface area contributed by atoms with Crippen LogP contribution in [-0.4, -0.2) is 37.8 Å². The summed E-state index contributed by atoms with van der Waals surface area (Å²) in [7, 11) is 2.88. The van der Waals surface area contributed by atoms with Crippen molar-refractivity contribution in [1.82, 2.24) is 24.7 Å². The van der Waals surface area contributed by atoms with Crippen LogP contribution in [0.15, 0.2) is 59.3 Å². The molecule has 0 fully saturated rings. The van der Waals surface area contributed by atoms with E-state index in [1.807, 2.05) is 24.3 Å². The Morgan fingerprint density at radius 1 is 1.08 bits per heavy atom. The summed E-state index contributed by atoms with van der Waals surface area (Å²) in [6.45, 7) is 0. The van der Waals surface area contributed by atoms with Crippen molar-refractivity contribution in [3.63, 3.8) is 0 Å². The Kier molecular flexibility index (Phi) is 5.71. The summed E-state index contributed by atoms with van der Waals surface area (Å²) in [5, 5.41) is 8.15. The fourth-order valence-corrected chi connectivity index (χ4v) is 4.02. The van der Waals surface area contributed by atoms with Crippen LogP contribution in [0.3, 0.4) is 0 Å². The molecule has 2 aromatic carbocycles. The minimum Gasteiger partial charge on any atom is -0.465 e. The molecule has 0 aliphatic rings. The molecule has 0 saturated carbocycles. The van der Waals surface area contributed by atoms with E-state index in [0.717, 1.165) is 24.3 Å². The standard InChI is InChI=1S/C24H15ClF3N5O3/c1-33-11-29-32-21(33)15-6-4-3-5-14(15)12-8-18(30-19(25)10-12)22-31-17-9-13(23(34)35-2)7-16(20(17)36-22)24(26,27)28/h3-11H,1-2H3. The van der Waals surface area contributed by atoms with E-state index in [-0.39, 0.29) is 27.8 Å². The van der Waals surface area contributed by atoms with Gasteiger partial charge < -0.3 is 13.7 Å². The predicted octanol–water partition coefficient (Wildman–Crippen LogP) is 5.81. The maximum absolute atomic E-state index is 13.7. The number of pyridine rings is 1. The average molecular weight is 514 g/mol. The number of halogens is 4. The maximum atomic E-state index is 13.7. The first kappa shape index (κ1) is 23.5. The smallest absolute Gasteiger partial charge is 0.420 e. The Balaban J connectivity index is 1.68. The van der Waals surface area contributed by atoms with Crippen LogP contribution in [0.25, 0.3) is 45.2 Å². The Morgan fingerprint density at radius 2 is 1.83 bits per heavy atom. The first-order valence-corrected chi connectivity index (χ1v) is 10.8. The number of esters is 1. The molecule has 0 aliphatic carbocycles. The molecule has 5 rings (SSSR count). The third-order valence-electron chi connectivity index (χ3n) is 5.42. The molecular weight excluding hydrogens is 499 g/mol. The van der Waals surface area contributed by atoms with E-state index in [1.54, 1.807) is 30.1 Å². The molecule has 0 atom stereocenters. The van der Waals surface area contributed by atoms with Gasteiger partial charge in [-0.2, -0.15) is 13.2 Å². The average Bonchev–Trinajstić information content (AvgIpc) is 3.48. The SMILES string of the molecule is COC(=O)c1cc(C(F)(F)F)c2oc(-c3cc(-c4ccccc4-c4nncn4C)cc(Cl)n3)nc2c1. The number of methoxy groups -OCH3 is 1. The Bertz CT molecular complexity index is 1630. The Hall–Kier alpha value is -4.25. The van der Waals surface area contributed by atoms with Crippen LogP contribution in [0.5, 0.6) is 0 Å². The van der Waals surface area contributed by atoms with Crippen molar-refractivity contribution >= 4 is 28.7 Å². The summed E-state index contributed by atoms with van der Waals surface area (Å²) < 4.78 is 53.1. The number of hydrogen-bond acceptors (Lipinski definition) is 7. The van der Waals surface area contributed by atoms with Gasteiger partial charge in [0, 0.05) is 12.6 Å². The maximum Gasteiger partial charge on any atom is 0.420 e. The lowest BCUT2D eigenvalue weighted by molar-refractivity contribution is -0.136. The van der Waals surface area contributed by atoms with Gasteiger partial charge in [-0.3, -0.25) is 0 Å². The molecule has 0 radical (unpaired) electrons. The van der Waals surface area contributed by atoms with Gasteiger partial charge in [0.15, 0.2) is 11.4 Å². The van der Waals surface area contributed by atoms with E-state index in [2.05, 4.69) is 24.9 Å². The zero-order chi connectivity index (χ0) is 25.6. The summed E-state index contributed by atoms with van der Waals surface area (Å²) in [5.41, 5.74) is 0.0236. The summed E-state index contributed by atoms with van der Waals surface area (Å²) in [4.78, 5) is 20.3. The second kappa shape index (κ2) is 8.76. The van der Waals surface area contributed by atoms with E-state index in [1.165, 1.54) is 0 Å². The summed E-state index contributed by atoms with van der Waals surface area (Å²) in [6.07, 6.45) is -3.24. The van der Waals surface area contributed by atoms with E-state index in [0.29, 0.717) is 17.5 Å². The number of oxazole rings is 1. The largest absolute Gasteiger partial charge is 0.465 e. The molecule has 3 aromatic heterocycles. The molecule has 0 spiro atoms. The number of alkyl halides is 3. The molecule has 0 bridgehead atoms. The first-order valence-electron chi connectivity index (χ1n) is 10.4. The Labute approximate surface area is 206 Å². The van der Waals surface area contributed by atoms with Gasteiger partial charge in [0.25, 0.3) is 0 Å². The van der Waals surface area contributed by atoms with Crippen molar-refractivity contribution in [3.8, 4) is 34.1 Å². The molecule has 0 amide bonds. The number of benzene rings is 2. The van der Waals surface area contributed by atoms with Crippen LogP contribution in [0.2, 0.25) is 5.15 Å². The highest BCUT2D eigenvalue weighted by Gasteiger charge is 2.36. The topological polar surface area (TPSA) is 95.9 Å². The first-order chi connectivity index (χ1) is 17.2. The van der Waals surface area contributed by atoms with Gasteiger partial charge in [-0.15, -0.1) is 10.2 Å². The molecule has 8 nitrogen and oxygen atoms in total. The second-order valence-corrected chi connectivity index (χ2v) is 8.14. The number of fused-ring (bicyclic) bond motifs is 1. The summed E-state index contributed by atoms with van der Waals surface area (Å²) in [6, 6.07) is 12.4. The van der Waals surface area contributed by atoms with Crippen LogP contribution < -0.4 is 0 Å². The number of hydrogen-bond donors (Lipinski definition) is 0. The van der Waals surface area contributed by atoms with Gasteiger partial charge in [-0.05, 0) is 35.4 Å². The normalized spacial score (nSPS) is 11.7. The van der Waals surface area contributed by atoms with Crippen molar-refractivity contribution in [1.29, 1.82) is 0 Å². The molecule has 0 saturated heterocycles. The third-order valence-corrected chi connectivity index (χ3v) is 5.61. The summed E-state index contributed by atoms with van der Waals surface area (Å²) >= 11 is 6.29. The lowest BCUT2D eigenvalue weighted by atomic mass is 9.99. The van der Waals surface area contributed by atoms with Crippen molar-refractivity contribution < 1.29 is 27.1 Å². The molecule has 0 N–H and O–H groups in total. The Morgan fingerprint density at radius 3 is 2.50 bits per heavy atom. The van der Waals surface area contributed by atoms with Crippen LogP contribution >= 0.6 is 11.6 Å². The quantitative estimate of drug-likeness (QED) is 0.221. The molecular formula is C24H15ClF3N5O3. The highest BCUT2D eigenvalue weighted by atomic mass is 35.5. The second-order valence-electron chi connectivity index (χ2n) is 7.76. The fourth-order valence-electron chi connectivity index (χ4n) is 3.81. The molecule has 182 valence electrons. The molecule has 0 aliphatic heterocycles. The van der Waals surface area contributed by atoms with E-state index in [4.69, 9.17) is 16.0 Å². The number of ether oxygens (including phenoxy) is 1. The zero-order valence-corrected chi connectivity index (χ0v) is 19.4. The van der Waals surface area contributed by atoms with Crippen LogP contribution in [-0.2, 0) is 18.0 Å². The van der Waals surface area contributed by atoms with E-state index < -0.39 is 23.3 Å².